The minimum absolute atomic E-state index is 0.00990. The van der Waals surface area contributed by atoms with Crippen molar-refractivity contribution in [2.75, 3.05) is 7.11 Å². The number of esters is 1. The largest absolute Gasteiger partial charge is 0.469 e. The second-order valence-corrected chi connectivity index (χ2v) is 8.35. The summed E-state index contributed by atoms with van der Waals surface area (Å²) in [6.45, 7) is 0. The Hall–Kier alpha value is -2.71. The Bertz CT molecular complexity index is 938. The number of hydrogen-bond acceptors (Lipinski definition) is 5. The molecule has 8 heteroatoms. The minimum atomic E-state index is -3.57. The van der Waals surface area contributed by atoms with Gasteiger partial charge in [-0.1, -0.05) is 30.3 Å². The number of hydrogen-bond donors (Lipinski definition) is 2. The number of nitrogens with one attached hydrogen (secondary N) is 2. The standard InChI is InChI=1S/C20H22N2O5S/c1-27-19(23)13-18(14-5-3-2-4-6-14)21-20(24)15-7-11-17(12-8-15)28(25,26)22-16-9-10-16/h2-8,11-12,16,18,22H,9-10,13H2,1H3,(H,21,24). The van der Waals surface area contributed by atoms with Crippen LogP contribution in [0.1, 0.15) is 41.2 Å². The topological polar surface area (TPSA) is 102 Å². The molecule has 28 heavy (non-hydrogen) atoms. The quantitative estimate of drug-likeness (QED) is 0.659. The van der Waals surface area contributed by atoms with Gasteiger partial charge in [-0.25, -0.2) is 13.1 Å². The van der Waals surface area contributed by atoms with Crippen molar-refractivity contribution in [2.24, 2.45) is 0 Å². The van der Waals surface area contributed by atoms with E-state index in [0.717, 1.165) is 18.4 Å². The van der Waals surface area contributed by atoms with Crippen LogP contribution in [-0.4, -0.2) is 33.4 Å². The zero-order valence-corrected chi connectivity index (χ0v) is 16.2. The molecular weight excluding hydrogens is 380 g/mol. The predicted molar refractivity (Wildman–Crippen MR) is 103 cm³/mol. The lowest BCUT2D eigenvalue weighted by atomic mass is 10.0. The molecule has 1 saturated carbocycles. The van der Waals surface area contributed by atoms with Crippen molar-refractivity contribution >= 4 is 21.9 Å². The maximum atomic E-state index is 12.6. The third-order valence-electron chi connectivity index (χ3n) is 4.43. The van der Waals surface area contributed by atoms with Crippen LogP contribution in [0.3, 0.4) is 0 Å². The highest BCUT2D eigenvalue weighted by atomic mass is 32.2. The molecule has 1 fully saturated rings. The van der Waals surface area contributed by atoms with E-state index in [9.17, 15) is 18.0 Å². The Morgan fingerprint density at radius 2 is 1.71 bits per heavy atom. The molecule has 1 atom stereocenters. The summed E-state index contributed by atoms with van der Waals surface area (Å²) in [5, 5.41) is 2.81. The van der Waals surface area contributed by atoms with Gasteiger partial charge >= 0.3 is 5.97 Å². The van der Waals surface area contributed by atoms with E-state index in [1.54, 1.807) is 0 Å². The van der Waals surface area contributed by atoms with Crippen LogP contribution >= 0.6 is 0 Å². The Balaban J connectivity index is 1.73. The number of rotatable bonds is 8. The van der Waals surface area contributed by atoms with E-state index in [0.29, 0.717) is 5.56 Å². The van der Waals surface area contributed by atoms with Gasteiger partial charge in [0.15, 0.2) is 0 Å². The van der Waals surface area contributed by atoms with Crippen molar-refractivity contribution in [3.05, 3.63) is 65.7 Å². The predicted octanol–water partition coefficient (Wildman–Crippen LogP) is 2.16. The highest BCUT2D eigenvalue weighted by Crippen LogP contribution is 2.23. The first-order valence-corrected chi connectivity index (χ1v) is 10.4. The number of benzene rings is 2. The van der Waals surface area contributed by atoms with Gasteiger partial charge in [0.1, 0.15) is 0 Å². The molecule has 2 aromatic carbocycles. The summed E-state index contributed by atoms with van der Waals surface area (Å²) in [5.41, 5.74) is 1.07. The van der Waals surface area contributed by atoms with E-state index in [-0.39, 0.29) is 17.4 Å². The van der Waals surface area contributed by atoms with Crippen molar-refractivity contribution in [3.63, 3.8) is 0 Å². The van der Waals surface area contributed by atoms with Gasteiger partial charge in [-0.2, -0.15) is 0 Å². The van der Waals surface area contributed by atoms with E-state index in [1.165, 1.54) is 31.4 Å². The third kappa shape index (κ3) is 5.17. The van der Waals surface area contributed by atoms with Crippen LogP contribution in [0.5, 0.6) is 0 Å². The van der Waals surface area contributed by atoms with Crippen molar-refractivity contribution < 1.29 is 22.7 Å². The van der Waals surface area contributed by atoms with Crippen molar-refractivity contribution in [2.45, 2.75) is 36.2 Å². The Labute approximate surface area is 164 Å². The molecule has 2 N–H and O–H groups in total. The van der Waals surface area contributed by atoms with Crippen LogP contribution in [-0.2, 0) is 19.6 Å². The van der Waals surface area contributed by atoms with Crippen molar-refractivity contribution in [1.29, 1.82) is 0 Å². The van der Waals surface area contributed by atoms with E-state index in [1.807, 2.05) is 30.3 Å². The summed E-state index contributed by atoms with van der Waals surface area (Å²) in [7, 11) is -2.28. The molecule has 0 aromatic heterocycles. The molecule has 1 unspecified atom stereocenters. The van der Waals surface area contributed by atoms with Crippen molar-refractivity contribution in [1.82, 2.24) is 10.0 Å². The average Bonchev–Trinajstić information content (AvgIpc) is 3.51. The first-order chi connectivity index (χ1) is 13.4. The monoisotopic (exact) mass is 402 g/mol. The van der Waals surface area contributed by atoms with Crippen LogP contribution in [0.25, 0.3) is 0 Å². The molecule has 0 spiro atoms. The summed E-state index contributed by atoms with van der Waals surface area (Å²) < 4.78 is 31.7. The molecule has 1 aliphatic carbocycles. The van der Waals surface area contributed by atoms with Crippen LogP contribution in [0, 0.1) is 0 Å². The molecule has 7 nitrogen and oxygen atoms in total. The summed E-state index contributed by atoms with van der Waals surface area (Å²) in [5.74, 6) is -0.849. The number of methoxy groups -OCH3 is 1. The number of ether oxygens (including phenoxy) is 1. The van der Waals surface area contributed by atoms with Gasteiger partial charge in [-0.05, 0) is 42.7 Å². The van der Waals surface area contributed by atoms with Crippen LogP contribution < -0.4 is 10.0 Å². The van der Waals surface area contributed by atoms with Crippen molar-refractivity contribution in [3.8, 4) is 0 Å². The van der Waals surface area contributed by atoms with Gasteiger partial charge in [-0.15, -0.1) is 0 Å². The van der Waals surface area contributed by atoms with Gasteiger partial charge in [0.25, 0.3) is 5.91 Å². The maximum absolute atomic E-state index is 12.6. The number of carbonyl (C=O) groups is 2. The molecule has 0 bridgehead atoms. The van der Waals surface area contributed by atoms with Gasteiger partial charge in [0, 0.05) is 11.6 Å². The molecule has 1 aliphatic rings. The van der Waals surface area contributed by atoms with Gasteiger partial charge in [0.05, 0.1) is 24.5 Å². The first-order valence-electron chi connectivity index (χ1n) is 8.94. The molecular formula is C20H22N2O5S. The molecule has 148 valence electrons. The SMILES string of the molecule is COC(=O)CC(NC(=O)c1ccc(S(=O)(=O)NC2CC2)cc1)c1ccccc1. The van der Waals surface area contributed by atoms with Crippen LogP contribution in [0.2, 0.25) is 0 Å². The van der Waals surface area contributed by atoms with Gasteiger partial charge in [-0.3, -0.25) is 9.59 Å². The highest BCUT2D eigenvalue weighted by Gasteiger charge is 2.28. The van der Waals surface area contributed by atoms with Crippen LogP contribution in [0.4, 0.5) is 0 Å². The first kappa shape index (κ1) is 20.0. The Morgan fingerprint density at radius 1 is 1.07 bits per heavy atom. The highest BCUT2D eigenvalue weighted by molar-refractivity contribution is 7.89. The summed E-state index contributed by atoms with van der Waals surface area (Å²) in [6, 6.07) is 14.3. The van der Waals surface area contributed by atoms with Crippen LogP contribution in [0.15, 0.2) is 59.5 Å². The molecule has 3 rings (SSSR count). The molecule has 0 heterocycles. The Kier molecular flexibility index (Phi) is 6.11. The average molecular weight is 402 g/mol. The Morgan fingerprint density at radius 3 is 2.29 bits per heavy atom. The maximum Gasteiger partial charge on any atom is 0.307 e. The second-order valence-electron chi connectivity index (χ2n) is 6.64. The van der Waals surface area contributed by atoms with Gasteiger partial charge in [0.2, 0.25) is 10.0 Å². The zero-order chi connectivity index (χ0) is 20.1. The fourth-order valence-corrected chi connectivity index (χ4v) is 4.01. The third-order valence-corrected chi connectivity index (χ3v) is 5.97. The van der Waals surface area contributed by atoms with E-state index in [2.05, 4.69) is 10.0 Å². The molecule has 0 aliphatic heterocycles. The number of carbonyl (C=O) groups excluding carboxylic acids is 2. The summed E-state index contributed by atoms with van der Waals surface area (Å²) >= 11 is 0. The smallest absolute Gasteiger partial charge is 0.307 e. The van der Waals surface area contributed by atoms with E-state index in [4.69, 9.17) is 4.74 Å². The van der Waals surface area contributed by atoms with E-state index < -0.39 is 27.9 Å². The molecule has 1 amide bonds. The van der Waals surface area contributed by atoms with E-state index >= 15 is 0 Å². The van der Waals surface area contributed by atoms with Gasteiger partial charge < -0.3 is 10.1 Å². The lowest BCUT2D eigenvalue weighted by Gasteiger charge is -2.18. The lowest BCUT2D eigenvalue weighted by Crippen LogP contribution is -2.30. The summed E-state index contributed by atoms with van der Waals surface area (Å²) in [6.07, 6.45) is 1.69. The number of amides is 1. The second kappa shape index (κ2) is 8.53. The fraction of sp³-hybridized carbons (Fsp3) is 0.300. The molecule has 0 radical (unpaired) electrons. The normalized spacial score (nSPS) is 14.9. The zero-order valence-electron chi connectivity index (χ0n) is 15.4. The minimum Gasteiger partial charge on any atom is -0.469 e. The summed E-state index contributed by atoms with van der Waals surface area (Å²) in [4.78, 5) is 24.4. The fourth-order valence-electron chi connectivity index (χ4n) is 2.70. The number of sulfonamides is 1. The molecule has 2 aromatic rings. The molecule has 0 saturated heterocycles. The lowest BCUT2D eigenvalue weighted by molar-refractivity contribution is -0.141.